The molecule has 1 unspecified atom stereocenters. The van der Waals surface area contributed by atoms with Crippen molar-refractivity contribution in [1.82, 2.24) is 5.43 Å². The highest BCUT2D eigenvalue weighted by Gasteiger charge is 2.17. The Morgan fingerprint density at radius 3 is 2.56 bits per heavy atom. The zero-order valence-corrected chi connectivity index (χ0v) is 11.5. The third kappa shape index (κ3) is 2.90. The Balaban J connectivity index is 2.19. The minimum Gasteiger partial charge on any atom is -0.271 e. The Kier molecular flexibility index (Phi) is 4.35. The van der Waals surface area contributed by atoms with Gasteiger partial charge in [-0.3, -0.25) is 11.3 Å². The van der Waals surface area contributed by atoms with Crippen molar-refractivity contribution >= 4 is 22.9 Å². The highest BCUT2D eigenvalue weighted by Crippen LogP contribution is 2.33. The largest absolute Gasteiger partial charge is 0.271 e. The van der Waals surface area contributed by atoms with E-state index in [1.165, 1.54) is 12.1 Å². The molecule has 2 aromatic rings. The van der Waals surface area contributed by atoms with Gasteiger partial charge in [0.2, 0.25) is 0 Å². The number of benzene rings is 1. The van der Waals surface area contributed by atoms with Crippen LogP contribution in [-0.2, 0) is 6.42 Å². The number of hydrazine groups is 1. The van der Waals surface area contributed by atoms with Crippen LogP contribution in [0, 0.1) is 12.7 Å². The molecule has 1 heterocycles. The molecule has 0 aliphatic heterocycles. The molecular weight excluding hydrogens is 271 g/mol. The van der Waals surface area contributed by atoms with Crippen molar-refractivity contribution < 1.29 is 4.39 Å². The van der Waals surface area contributed by atoms with Gasteiger partial charge in [0, 0.05) is 4.88 Å². The summed E-state index contributed by atoms with van der Waals surface area (Å²) in [7, 11) is 0. The monoisotopic (exact) mass is 284 g/mol. The van der Waals surface area contributed by atoms with Crippen LogP contribution in [-0.4, -0.2) is 0 Å². The second kappa shape index (κ2) is 5.80. The minimum atomic E-state index is -0.235. The van der Waals surface area contributed by atoms with E-state index < -0.39 is 0 Å². The summed E-state index contributed by atoms with van der Waals surface area (Å²) in [6, 6.07) is 6.36. The number of aryl methyl sites for hydroxylation is 1. The zero-order valence-electron chi connectivity index (χ0n) is 9.91. The fourth-order valence-electron chi connectivity index (χ4n) is 1.77. The summed E-state index contributed by atoms with van der Waals surface area (Å²) in [5, 5.41) is 2.76. The number of nitrogens with one attached hydrogen (secondary N) is 1. The molecule has 0 saturated heterocycles. The molecule has 96 valence electrons. The third-order valence-electron chi connectivity index (χ3n) is 2.80. The van der Waals surface area contributed by atoms with Crippen LogP contribution in [0.15, 0.2) is 29.6 Å². The molecule has 2 nitrogen and oxygen atoms in total. The van der Waals surface area contributed by atoms with Gasteiger partial charge in [0.25, 0.3) is 0 Å². The van der Waals surface area contributed by atoms with Gasteiger partial charge < -0.3 is 0 Å². The number of halogens is 2. The Hall–Kier alpha value is -0.940. The van der Waals surface area contributed by atoms with Crippen LogP contribution in [0.3, 0.4) is 0 Å². The van der Waals surface area contributed by atoms with Crippen molar-refractivity contribution in [1.29, 1.82) is 0 Å². The van der Waals surface area contributed by atoms with E-state index in [9.17, 15) is 4.39 Å². The van der Waals surface area contributed by atoms with Crippen molar-refractivity contribution in [3.63, 3.8) is 0 Å². The van der Waals surface area contributed by atoms with Gasteiger partial charge in [-0.25, -0.2) is 4.39 Å². The molecule has 5 heteroatoms. The lowest BCUT2D eigenvalue weighted by Crippen LogP contribution is -2.29. The van der Waals surface area contributed by atoms with Crippen LogP contribution in [0.4, 0.5) is 4.39 Å². The maximum atomic E-state index is 12.8. The molecular formula is C13H14ClFN2S. The fraction of sp³-hybridized carbons (Fsp3) is 0.231. The van der Waals surface area contributed by atoms with Gasteiger partial charge in [-0.1, -0.05) is 23.7 Å². The summed E-state index contributed by atoms with van der Waals surface area (Å²) in [5.41, 5.74) is 4.83. The van der Waals surface area contributed by atoms with Crippen molar-refractivity contribution in [2.75, 3.05) is 0 Å². The molecule has 1 aromatic heterocycles. The number of hydrogen-bond donors (Lipinski definition) is 2. The van der Waals surface area contributed by atoms with E-state index in [0.717, 1.165) is 21.0 Å². The lowest BCUT2D eigenvalue weighted by Gasteiger charge is -2.15. The van der Waals surface area contributed by atoms with Crippen LogP contribution < -0.4 is 11.3 Å². The van der Waals surface area contributed by atoms with Crippen LogP contribution in [0.5, 0.6) is 0 Å². The number of nitrogens with two attached hydrogens (primary N) is 1. The Bertz CT molecular complexity index is 524. The third-order valence-corrected chi connectivity index (χ3v) is 4.62. The van der Waals surface area contributed by atoms with E-state index in [1.54, 1.807) is 23.5 Å². The molecule has 0 radical (unpaired) electrons. The van der Waals surface area contributed by atoms with Gasteiger partial charge in [-0.2, -0.15) is 0 Å². The van der Waals surface area contributed by atoms with E-state index in [4.69, 9.17) is 17.4 Å². The lowest BCUT2D eigenvalue weighted by molar-refractivity contribution is 0.559. The van der Waals surface area contributed by atoms with Gasteiger partial charge >= 0.3 is 0 Å². The lowest BCUT2D eigenvalue weighted by atomic mass is 10.0. The van der Waals surface area contributed by atoms with E-state index in [-0.39, 0.29) is 11.9 Å². The number of thiophene rings is 1. The van der Waals surface area contributed by atoms with Gasteiger partial charge in [0.1, 0.15) is 5.82 Å². The molecule has 1 atom stereocenters. The molecule has 0 fully saturated rings. The standard InChI is InChI=1S/C13H14ClFN2S/c1-8-7-18-13(12(8)14)11(17-16)6-9-2-4-10(15)5-3-9/h2-5,7,11,17H,6,16H2,1H3. The number of rotatable bonds is 4. The first kappa shape index (κ1) is 13.5. The number of hydrogen-bond acceptors (Lipinski definition) is 3. The normalized spacial score (nSPS) is 12.7. The molecule has 0 aliphatic carbocycles. The quantitative estimate of drug-likeness (QED) is 0.665. The molecule has 1 aromatic carbocycles. The summed E-state index contributed by atoms with van der Waals surface area (Å²) >= 11 is 7.81. The summed E-state index contributed by atoms with van der Waals surface area (Å²) in [5.74, 6) is 5.35. The van der Waals surface area contributed by atoms with Crippen molar-refractivity contribution in [2.45, 2.75) is 19.4 Å². The predicted molar refractivity (Wildman–Crippen MR) is 74.2 cm³/mol. The Morgan fingerprint density at radius 1 is 1.39 bits per heavy atom. The highest BCUT2D eigenvalue weighted by atomic mass is 35.5. The van der Waals surface area contributed by atoms with Crippen LogP contribution >= 0.6 is 22.9 Å². The second-order valence-electron chi connectivity index (χ2n) is 4.15. The van der Waals surface area contributed by atoms with Gasteiger partial charge in [0.15, 0.2) is 0 Å². The molecule has 0 aliphatic rings. The maximum absolute atomic E-state index is 12.8. The molecule has 0 saturated carbocycles. The van der Waals surface area contributed by atoms with Crippen molar-refractivity contribution in [3.05, 3.63) is 56.5 Å². The van der Waals surface area contributed by atoms with E-state index in [0.29, 0.717) is 6.42 Å². The fourth-order valence-corrected chi connectivity index (χ4v) is 3.15. The topological polar surface area (TPSA) is 38.0 Å². The van der Waals surface area contributed by atoms with Gasteiger partial charge in [-0.15, -0.1) is 11.3 Å². The summed E-state index contributed by atoms with van der Waals surface area (Å²) in [4.78, 5) is 1.01. The van der Waals surface area contributed by atoms with Crippen molar-refractivity contribution in [3.8, 4) is 0 Å². The zero-order chi connectivity index (χ0) is 13.1. The first-order valence-electron chi connectivity index (χ1n) is 5.56. The van der Waals surface area contributed by atoms with Gasteiger partial charge in [-0.05, 0) is 42.0 Å². The Labute approximate surface area is 115 Å². The summed E-state index contributed by atoms with van der Waals surface area (Å²) in [6.07, 6.45) is 0.677. The van der Waals surface area contributed by atoms with Crippen molar-refractivity contribution in [2.24, 2.45) is 5.84 Å². The van der Waals surface area contributed by atoms with E-state index >= 15 is 0 Å². The summed E-state index contributed by atoms with van der Waals surface area (Å²) in [6.45, 7) is 1.97. The molecule has 0 amide bonds. The SMILES string of the molecule is Cc1csc(C(Cc2ccc(F)cc2)NN)c1Cl. The van der Waals surface area contributed by atoms with Crippen LogP contribution in [0.1, 0.15) is 22.0 Å². The van der Waals surface area contributed by atoms with E-state index in [1.807, 2.05) is 12.3 Å². The average Bonchev–Trinajstić information content (AvgIpc) is 2.70. The Morgan fingerprint density at radius 2 is 2.06 bits per heavy atom. The predicted octanol–water partition coefficient (Wildman–Crippen LogP) is 3.60. The maximum Gasteiger partial charge on any atom is 0.123 e. The summed E-state index contributed by atoms with van der Waals surface area (Å²) < 4.78 is 12.8. The van der Waals surface area contributed by atoms with Crippen LogP contribution in [0.2, 0.25) is 5.02 Å². The molecule has 0 bridgehead atoms. The van der Waals surface area contributed by atoms with E-state index in [2.05, 4.69) is 5.43 Å². The first-order valence-corrected chi connectivity index (χ1v) is 6.81. The highest BCUT2D eigenvalue weighted by molar-refractivity contribution is 7.10. The average molecular weight is 285 g/mol. The van der Waals surface area contributed by atoms with Crippen LogP contribution in [0.25, 0.3) is 0 Å². The molecule has 18 heavy (non-hydrogen) atoms. The molecule has 2 rings (SSSR count). The smallest absolute Gasteiger partial charge is 0.123 e. The van der Waals surface area contributed by atoms with Gasteiger partial charge in [0.05, 0.1) is 11.1 Å². The molecule has 3 N–H and O–H groups in total. The minimum absolute atomic E-state index is 0.0540. The molecule has 0 spiro atoms. The first-order chi connectivity index (χ1) is 8.61. The second-order valence-corrected chi connectivity index (χ2v) is 5.44.